The fourth-order valence-corrected chi connectivity index (χ4v) is 9.04. The zero-order valence-corrected chi connectivity index (χ0v) is 41.5. The second-order valence-corrected chi connectivity index (χ2v) is 23.1. The minimum absolute atomic E-state index is 0.123. The molecule has 4 aromatic carbocycles. The molecule has 0 saturated carbocycles. The molecule has 59 heavy (non-hydrogen) atoms. The van der Waals surface area contributed by atoms with Crippen LogP contribution in [-0.2, 0) is 32.5 Å². The molecule has 0 unspecified atom stereocenters. The second kappa shape index (κ2) is 16.0. The van der Waals surface area contributed by atoms with Gasteiger partial charge in [-0.25, -0.2) is 0 Å². The quantitative estimate of drug-likeness (QED) is 0.144. The maximum absolute atomic E-state index is 12.7. The third-order valence-corrected chi connectivity index (χ3v) is 14.9. The van der Waals surface area contributed by atoms with Crippen LogP contribution in [0.25, 0.3) is 33.1 Å². The molecule has 4 nitrogen and oxygen atoms in total. The highest BCUT2D eigenvalue weighted by Crippen LogP contribution is 2.53. The first kappa shape index (κ1) is 46.4. The number of rotatable bonds is 11. The van der Waals surface area contributed by atoms with Crippen molar-refractivity contribution >= 4 is 30.2 Å². The maximum atomic E-state index is 12.7. The molecule has 0 spiro atoms. The van der Waals surface area contributed by atoms with E-state index in [2.05, 4.69) is 187 Å². The van der Waals surface area contributed by atoms with Gasteiger partial charge in [-0.2, -0.15) is 0 Å². The summed E-state index contributed by atoms with van der Waals surface area (Å²) in [6.45, 7) is 45.1. The maximum Gasteiger partial charge on any atom is 0.453 e. The number of aromatic hydroxyl groups is 1. The minimum atomic E-state index is -2.07. The summed E-state index contributed by atoms with van der Waals surface area (Å²) in [5, 5.41) is 14.8. The standard InChI is InChI=1S/C54H77O4P/c1-21-51(13,14)35-29-37(45(55)41(31-35)53(17,18)23-3)40-30-36(52(15,16)22-2)32-44(54(19,20)24-4)48(40)58-59-56-46-38(25-33(5)27-42(46)49(7,8)9)39-26-34(6)28-43(47(39)57-59)50(10,11)12/h25-32,55H,21-24H2,1-20H3. The van der Waals surface area contributed by atoms with E-state index in [4.69, 9.17) is 12.9 Å². The molecule has 0 saturated heterocycles. The molecule has 1 aromatic heterocycles. The van der Waals surface area contributed by atoms with Gasteiger partial charge in [0, 0.05) is 44.2 Å². The smallest absolute Gasteiger partial charge is 0.453 e. The van der Waals surface area contributed by atoms with Crippen molar-refractivity contribution in [2.75, 3.05) is 0 Å². The van der Waals surface area contributed by atoms with Crippen molar-refractivity contribution in [1.29, 1.82) is 0 Å². The van der Waals surface area contributed by atoms with Gasteiger partial charge in [0.1, 0.15) is 22.7 Å². The highest BCUT2D eigenvalue weighted by atomic mass is 31.1. The van der Waals surface area contributed by atoms with Crippen LogP contribution in [0.5, 0.6) is 11.5 Å². The summed E-state index contributed by atoms with van der Waals surface area (Å²) in [5.74, 6) is 1.02. The number of hydrogen-bond acceptors (Lipinski definition) is 4. The minimum Gasteiger partial charge on any atom is -0.507 e. The Hall–Kier alpha value is -3.62. The van der Waals surface area contributed by atoms with E-state index in [9.17, 15) is 5.11 Å². The number of aryl methyl sites for hydroxylation is 2. The molecule has 0 radical (unpaired) electrons. The van der Waals surface area contributed by atoms with Gasteiger partial charge < -0.3 is 18.0 Å². The molecule has 5 rings (SSSR count). The van der Waals surface area contributed by atoms with Crippen molar-refractivity contribution in [3.63, 3.8) is 0 Å². The Morgan fingerprint density at radius 3 is 1.24 bits per heavy atom. The number of hydrogen-bond donors (Lipinski definition) is 1. The Morgan fingerprint density at radius 1 is 0.475 bits per heavy atom. The molecule has 5 aromatic rings. The highest BCUT2D eigenvalue weighted by Gasteiger charge is 2.35. The second-order valence-electron chi connectivity index (χ2n) is 22.1. The molecule has 0 atom stereocenters. The summed E-state index contributed by atoms with van der Waals surface area (Å²) in [6, 6.07) is 18.1. The normalized spacial score (nSPS) is 13.4. The van der Waals surface area contributed by atoms with Gasteiger partial charge in [0.05, 0.1) is 0 Å². The van der Waals surface area contributed by atoms with Crippen LogP contribution in [0.2, 0.25) is 0 Å². The van der Waals surface area contributed by atoms with Crippen LogP contribution in [-0.4, -0.2) is 5.11 Å². The largest absolute Gasteiger partial charge is 0.507 e. The number of benzene rings is 4. The van der Waals surface area contributed by atoms with Gasteiger partial charge in [-0.15, -0.1) is 0 Å². The lowest BCUT2D eigenvalue weighted by Gasteiger charge is -2.33. The zero-order valence-electron chi connectivity index (χ0n) is 40.6. The fourth-order valence-electron chi connectivity index (χ4n) is 7.89. The molecule has 0 aliphatic heterocycles. The van der Waals surface area contributed by atoms with Crippen molar-refractivity contribution < 1.29 is 18.0 Å². The van der Waals surface area contributed by atoms with Gasteiger partial charge in [0.25, 0.3) is 0 Å². The predicted molar refractivity (Wildman–Crippen MR) is 256 cm³/mol. The van der Waals surface area contributed by atoms with Crippen LogP contribution < -0.4 is 4.52 Å². The van der Waals surface area contributed by atoms with Crippen LogP contribution in [0, 0.1) is 13.8 Å². The molecule has 0 fully saturated rings. The number of phenolic OH excluding ortho intramolecular Hbond substituents is 1. The third-order valence-electron chi connectivity index (χ3n) is 13.9. The van der Waals surface area contributed by atoms with Gasteiger partial charge in [0.2, 0.25) is 0 Å². The molecule has 0 amide bonds. The van der Waals surface area contributed by atoms with E-state index in [1.165, 1.54) is 22.3 Å². The Bertz CT molecular complexity index is 2320. The Balaban J connectivity index is 2.08. The lowest BCUT2D eigenvalue weighted by molar-refractivity contribution is 0.425. The fraction of sp³-hybridized carbons (Fsp3) is 0.556. The van der Waals surface area contributed by atoms with Gasteiger partial charge >= 0.3 is 8.24 Å². The van der Waals surface area contributed by atoms with Crippen LogP contribution >= 0.6 is 8.24 Å². The van der Waals surface area contributed by atoms with Gasteiger partial charge in [-0.05, 0) is 119 Å². The molecular weight excluding hydrogens is 744 g/mol. The van der Waals surface area contributed by atoms with Gasteiger partial charge in [0.15, 0.2) is 0 Å². The van der Waals surface area contributed by atoms with E-state index in [1.807, 2.05) is 0 Å². The number of phenols is 1. The molecule has 0 aliphatic carbocycles. The molecule has 0 bridgehead atoms. The van der Waals surface area contributed by atoms with Crippen molar-refractivity contribution in [1.82, 2.24) is 0 Å². The molecular formula is C54H77O4P. The van der Waals surface area contributed by atoms with Crippen LogP contribution in [0.3, 0.4) is 0 Å². The molecule has 322 valence electrons. The molecule has 1 heterocycles. The Kier molecular flexibility index (Phi) is 12.6. The summed E-state index contributed by atoms with van der Waals surface area (Å²) < 4.78 is 22.0. The summed E-state index contributed by atoms with van der Waals surface area (Å²) in [5.41, 5.74) is 11.1. The zero-order chi connectivity index (χ0) is 44.4. The van der Waals surface area contributed by atoms with Crippen LogP contribution in [0.15, 0.2) is 56.9 Å². The summed E-state index contributed by atoms with van der Waals surface area (Å²) in [6.07, 6.45) is 3.68. The Morgan fingerprint density at radius 2 is 0.847 bits per heavy atom. The van der Waals surface area contributed by atoms with E-state index >= 15 is 0 Å². The SMILES string of the molecule is CCC(C)(C)c1cc(-c2cc(C(C)(C)CC)cc(C(C)(C)CC)c2Op2oc3c(C(C)(C)C)cc(C)cc3c3cc(C)cc(C(C)(C)C)c3o2)c(O)c(C(C)(C)CC)c1. The van der Waals surface area contributed by atoms with Crippen LogP contribution in [0.1, 0.15) is 195 Å². The molecule has 1 N–H and O–H groups in total. The summed E-state index contributed by atoms with van der Waals surface area (Å²) in [7, 11) is -2.07. The van der Waals surface area contributed by atoms with Crippen molar-refractivity contribution in [3.05, 3.63) is 93.0 Å². The van der Waals surface area contributed by atoms with Crippen molar-refractivity contribution in [2.45, 2.75) is 197 Å². The van der Waals surface area contributed by atoms with Crippen LogP contribution in [0.4, 0.5) is 0 Å². The monoisotopic (exact) mass is 821 g/mol. The van der Waals surface area contributed by atoms with Gasteiger partial charge in [-0.3, -0.25) is 0 Å². The first-order chi connectivity index (χ1) is 27.0. The van der Waals surface area contributed by atoms with E-state index < -0.39 is 8.24 Å². The summed E-state index contributed by atoms with van der Waals surface area (Å²) in [4.78, 5) is 0. The molecule has 0 aliphatic rings. The first-order valence-electron chi connectivity index (χ1n) is 22.2. The first-order valence-corrected chi connectivity index (χ1v) is 23.3. The van der Waals surface area contributed by atoms with E-state index in [-0.39, 0.29) is 32.5 Å². The van der Waals surface area contributed by atoms with E-state index in [0.717, 1.165) is 81.0 Å². The average Bonchev–Trinajstić information content (AvgIpc) is 3.29. The van der Waals surface area contributed by atoms with Crippen molar-refractivity contribution in [3.8, 4) is 22.6 Å². The highest BCUT2D eigenvalue weighted by molar-refractivity contribution is 7.32. The molecule has 5 heteroatoms. The van der Waals surface area contributed by atoms with Crippen molar-refractivity contribution in [2.24, 2.45) is 0 Å². The third kappa shape index (κ3) is 9.05. The number of fused-ring (bicyclic) bond motifs is 3. The van der Waals surface area contributed by atoms with E-state index in [1.54, 1.807) is 0 Å². The summed E-state index contributed by atoms with van der Waals surface area (Å²) >= 11 is 0. The predicted octanol–water partition coefficient (Wildman–Crippen LogP) is 17.5. The van der Waals surface area contributed by atoms with Gasteiger partial charge in [-0.1, -0.05) is 149 Å². The van der Waals surface area contributed by atoms with E-state index in [0.29, 0.717) is 11.5 Å². The lowest BCUT2D eigenvalue weighted by atomic mass is 9.72. The Labute approximate surface area is 359 Å². The topological polar surface area (TPSA) is 55.7 Å². The lowest BCUT2D eigenvalue weighted by Crippen LogP contribution is -2.22. The average molecular weight is 821 g/mol.